The first-order valence-electron chi connectivity index (χ1n) is 6.60. The number of nitrogens with zero attached hydrogens (tertiary/aromatic N) is 1. The van der Waals surface area contributed by atoms with E-state index in [2.05, 4.69) is 40.6 Å². The van der Waals surface area contributed by atoms with E-state index >= 15 is 0 Å². The summed E-state index contributed by atoms with van der Waals surface area (Å²) in [6, 6.07) is 13.0. The molecule has 1 N–H and O–H groups in total. The zero-order valence-electron chi connectivity index (χ0n) is 10.7. The van der Waals surface area contributed by atoms with Crippen LogP contribution in [0.5, 0.6) is 0 Å². The lowest BCUT2D eigenvalue weighted by molar-refractivity contribution is 0.599. The SMILES string of the molecule is CNc1cccc(C2CCCc3cccnc32)c1. The molecule has 1 unspecified atom stereocenters. The topological polar surface area (TPSA) is 24.9 Å². The molecular formula is C16H18N2. The van der Waals surface area contributed by atoms with E-state index in [9.17, 15) is 0 Å². The second-order valence-electron chi connectivity index (χ2n) is 4.87. The summed E-state index contributed by atoms with van der Waals surface area (Å²) in [5, 5.41) is 3.21. The molecule has 1 atom stereocenters. The minimum Gasteiger partial charge on any atom is -0.388 e. The summed E-state index contributed by atoms with van der Waals surface area (Å²) in [5.41, 5.74) is 5.25. The molecule has 0 spiro atoms. The van der Waals surface area contributed by atoms with E-state index in [1.165, 1.54) is 41.8 Å². The Morgan fingerprint density at radius 3 is 3.06 bits per heavy atom. The fraction of sp³-hybridized carbons (Fsp3) is 0.312. The quantitative estimate of drug-likeness (QED) is 0.864. The molecular weight excluding hydrogens is 220 g/mol. The number of aryl methyl sites for hydroxylation is 1. The van der Waals surface area contributed by atoms with Crippen molar-refractivity contribution in [3.05, 3.63) is 59.4 Å². The van der Waals surface area contributed by atoms with Crippen LogP contribution < -0.4 is 5.32 Å². The number of pyridine rings is 1. The van der Waals surface area contributed by atoms with Crippen LogP contribution in [0, 0.1) is 0 Å². The van der Waals surface area contributed by atoms with E-state index in [1.807, 2.05) is 19.3 Å². The van der Waals surface area contributed by atoms with Gasteiger partial charge in [0.2, 0.25) is 0 Å². The van der Waals surface area contributed by atoms with Gasteiger partial charge in [0.05, 0.1) is 5.69 Å². The van der Waals surface area contributed by atoms with Gasteiger partial charge < -0.3 is 5.32 Å². The average Bonchev–Trinajstić information content (AvgIpc) is 2.47. The molecule has 1 aliphatic carbocycles. The van der Waals surface area contributed by atoms with Crippen molar-refractivity contribution in [2.24, 2.45) is 0 Å². The maximum atomic E-state index is 4.61. The average molecular weight is 238 g/mol. The van der Waals surface area contributed by atoms with Gasteiger partial charge in [0, 0.05) is 24.8 Å². The van der Waals surface area contributed by atoms with Gasteiger partial charge in [0.15, 0.2) is 0 Å². The second-order valence-corrected chi connectivity index (χ2v) is 4.87. The van der Waals surface area contributed by atoms with Gasteiger partial charge in [0.1, 0.15) is 0 Å². The Balaban J connectivity index is 2.02. The fourth-order valence-corrected chi connectivity index (χ4v) is 2.84. The van der Waals surface area contributed by atoms with Crippen molar-refractivity contribution in [3.8, 4) is 0 Å². The zero-order chi connectivity index (χ0) is 12.4. The van der Waals surface area contributed by atoms with Gasteiger partial charge in [-0.05, 0) is 48.6 Å². The molecule has 0 bridgehead atoms. The number of fused-ring (bicyclic) bond motifs is 1. The minimum absolute atomic E-state index is 0.461. The largest absolute Gasteiger partial charge is 0.388 e. The van der Waals surface area contributed by atoms with Crippen LogP contribution >= 0.6 is 0 Å². The molecule has 1 aromatic heterocycles. The Labute approximate surface area is 108 Å². The van der Waals surface area contributed by atoms with Gasteiger partial charge in [-0.25, -0.2) is 0 Å². The van der Waals surface area contributed by atoms with Crippen LogP contribution in [0.2, 0.25) is 0 Å². The van der Waals surface area contributed by atoms with Crippen molar-refractivity contribution in [3.63, 3.8) is 0 Å². The number of hydrogen-bond donors (Lipinski definition) is 1. The number of anilines is 1. The molecule has 0 saturated heterocycles. The molecule has 1 aliphatic rings. The number of benzene rings is 1. The molecule has 2 aromatic rings. The summed E-state index contributed by atoms with van der Waals surface area (Å²) < 4.78 is 0. The van der Waals surface area contributed by atoms with E-state index in [1.54, 1.807) is 0 Å². The lowest BCUT2D eigenvalue weighted by Crippen LogP contribution is -2.13. The third-order valence-corrected chi connectivity index (χ3v) is 3.77. The van der Waals surface area contributed by atoms with Crippen molar-refractivity contribution in [2.45, 2.75) is 25.2 Å². The highest BCUT2D eigenvalue weighted by atomic mass is 14.8. The van der Waals surface area contributed by atoms with Crippen LogP contribution in [0.1, 0.15) is 35.6 Å². The van der Waals surface area contributed by atoms with E-state index < -0.39 is 0 Å². The highest BCUT2D eigenvalue weighted by Gasteiger charge is 2.22. The number of rotatable bonds is 2. The summed E-state index contributed by atoms with van der Waals surface area (Å²) >= 11 is 0. The second kappa shape index (κ2) is 4.81. The standard InChI is InChI=1S/C16H18N2/c1-17-14-8-2-6-13(11-14)15-9-3-5-12-7-4-10-18-16(12)15/h2,4,6-8,10-11,15,17H,3,5,9H2,1H3. The van der Waals surface area contributed by atoms with Gasteiger partial charge in [0.25, 0.3) is 0 Å². The van der Waals surface area contributed by atoms with E-state index in [-0.39, 0.29) is 0 Å². The van der Waals surface area contributed by atoms with E-state index in [0.717, 1.165) is 0 Å². The summed E-state index contributed by atoms with van der Waals surface area (Å²) in [5.74, 6) is 0.461. The van der Waals surface area contributed by atoms with Crippen molar-refractivity contribution >= 4 is 5.69 Å². The third kappa shape index (κ3) is 1.99. The van der Waals surface area contributed by atoms with Crippen molar-refractivity contribution < 1.29 is 0 Å². The summed E-state index contributed by atoms with van der Waals surface area (Å²) in [7, 11) is 1.96. The molecule has 2 heteroatoms. The molecule has 92 valence electrons. The van der Waals surface area contributed by atoms with Crippen LogP contribution in [-0.4, -0.2) is 12.0 Å². The van der Waals surface area contributed by atoms with Crippen LogP contribution in [0.3, 0.4) is 0 Å². The molecule has 1 aromatic carbocycles. The van der Waals surface area contributed by atoms with Gasteiger partial charge in [-0.2, -0.15) is 0 Å². The first-order valence-corrected chi connectivity index (χ1v) is 6.60. The highest BCUT2D eigenvalue weighted by Crippen LogP contribution is 2.35. The minimum atomic E-state index is 0.461. The highest BCUT2D eigenvalue weighted by molar-refractivity contribution is 5.48. The van der Waals surface area contributed by atoms with E-state index in [0.29, 0.717) is 5.92 Å². The monoisotopic (exact) mass is 238 g/mol. The van der Waals surface area contributed by atoms with Gasteiger partial charge in [-0.1, -0.05) is 18.2 Å². The summed E-state index contributed by atoms with van der Waals surface area (Å²) in [6.45, 7) is 0. The first kappa shape index (κ1) is 11.3. The Hall–Kier alpha value is -1.83. The first-order chi connectivity index (χ1) is 8.88. The van der Waals surface area contributed by atoms with Crippen molar-refractivity contribution in [1.82, 2.24) is 4.98 Å². The molecule has 0 aliphatic heterocycles. The lowest BCUT2D eigenvalue weighted by Gasteiger charge is -2.24. The Morgan fingerprint density at radius 1 is 1.22 bits per heavy atom. The van der Waals surface area contributed by atoms with Crippen LogP contribution in [0.25, 0.3) is 0 Å². The Morgan fingerprint density at radius 2 is 2.17 bits per heavy atom. The zero-order valence-corrected chi connectivity index (χ0v) is 10.7. The maximum absolute atomic E-state index is 4.61. The molecule has 0 amide bonds. The third-order valence-electron chi connectivity index (χ3n) is 3.77. The molecule has 18 heavy (non-hydrogen) atoms. The molecule has 0 saturated carbocycles. The van der Waals surface area contributed by atoms with E-state index in [4.69, 9.17) is 0 Å². The molecule has 3 rings (SSSR count). The van der Waals surface area contributed by atoms with Gasteiger partial charge >= 0.3 is 0 Å². The fourth-order valence-electron chi connectivity index (χ4n) is 2.84. The normalized spacial score (nSPS) is 18.2. The number of aromatic nitrogens is 1. The predicted octanol–water partition coefficient (Wildman–Crippen LogP) is 3.59. The summed E-state index contributed by atoms with van der Waals surface area (Å²) in [4.78, 5) is 4.61. The Bertz CT molecular complexity index is 548. The summed E-state index contributed by atoms with van der Waals surface area (Å²) in [6.07, 6.45) is 5.55. The van der Waals surface area contributed by atoms with Crippen molar-refractivity contribution in [2.75, 3.05) is 12.4 Å². The molecule has 2 nitrogen and oxygen atoms in total. The van der Waals surface area contributed by atoms with Crippen LogP contribution in [-0.2, 0) is 6.42 Å². The number of hydrogen-bond acceptors (Lipinski definition) is 2. The molecule has 0 fully saturated rings. The maximum Gasteiger partial charge on any atom is 0.0510 e. The van der Waals surface area contributed by atoms with Crippen molar-refractivity contribution in [1.29, 1.82) is 0 Å². The van der Waals surface area contributed by atoms with Gasteiger partial charge in [-0.15, -0.1) is 0 Å². The smallest absolute Gasteiger partial charge is 0.0510 e. The number of nitrogens with one attached hydrogen (secondary N) is 1. The molecule has 1 heterocycles. The van der Waals surface area contributed by atoms with Gasteiger partial charge in [-0.3, -0.25) is 4.98 Å². The Kier molecular flexibility index (Phi) is 3.01. The van der Waals surface area contributed by atoms with Crippen LogP contribution in [0.15, 0.2) is 42.6 Å². The van der Waals surface area contributed by atoms with Crippen LogP contribution in [0.4, 0.5) is 5.69 Å². The lowest BCUT2D eigenvalue weighted by atomic mass is 9.82. The predicted molar refractivity (Wildman–Crippen MR) is 75.0 cm³/mol. The molecule has 0 radical (unpaired) electrons.